The van der Waals surface area contributed by atoms with Crippen molar-refractivity contribution in [3.63, 3.8) is 0 Å². The van der Waals surface area contributed by atoms with Gasteiger partial charge >= 0.3 is 12.8 Å². The smallest absolute Gasteiger partial charge is 0.476 e. The number of ether oxygens (including phenoxy) is 1. The van der Waals surface area contributed by atoms with Crippen molar-refractivity contribution in [2.24, 2.45) is 0 Å². The number of rotatable bonds is 2. The minimum atomic E-state index is -0.567. The molecule has 3 heterocycles. The summed E-state index contributed by atoms with van der Waals surface area (Å²) in [6.07, 6.45) is 0. The third-order valence-electron chi connectivity index (χ3n) is 5.63. The lowest BCUT2D eigenvalue weighted by Gasteiger charge is -2.32. The number of allylic oxidation sites excluding steroid dienone is 1. The maximum atomic E-state index is 11.9. The van der Waals surface area contributed by atoms with Crippen LogP contribution in [0.4, 0.5) is 0 Å². The second-order valence-corrected chi connectivity index (χ2v) is 8.03. The van der Waals surface area contributed by atoms with E-state index in [0.29, 0.717) is 12.2 Å². The number of fused-ring (bicyclic) bond motifs is 1. The summed E-state index contributed by atoms with van der Waals surface area (Å²) >= 11 is 0. The molecular formula is C18H24BN3O4. The summed E-state index contributed by atoms with van der Waals surface area (Å²) in [5.41, 5.74) is 3.00. The van der Waals surface area contributed by atoms with Gasteiger partial charge in [0.25, 0.3) is 0 Å². The number of aromatic nitrogens is 2. The van der Waals surface area contributed by atoms with E-state index in [-0.39, 0.29) is 5.69 Å². The maximum absolute atomic E-state index is 11.9. The molecule has 0 atom stereocenters. The molecule has 7 nitrogen and oxygen atoms in total. The van der Waals surface area contributed by atoms with Crippen LogP contribution in [0.15, 0.2) is 22.7 Å². The summed E-state index contributed by atoms with van der Waals surface area (Å²) in [6, 6.07) is 3.96. The van der Waals surface area contributed by atoms with E-state index in [2.05, 4.69) is 9.97 Å². The van der Waals surface area contributed by atoms with Crippen LogP contribution >= 0.6 is 0 Å². The Labute approximate surface area is 152 Å². The van der Waals surface area contributed by atoms with Gasteiger partial charge in [-0.2, -0.15) is 0 Å². The fourth-order valence-corrected chi connectivity index (χ4v) is 3.48. The molecule has 0 unspecified atom stereocenters. The molecule has 0 amide bonds. The monoisotopic (exact) mass is 357 g/mol. The predicted octanol–water partition coefficient (Wildman–Crippen LogP) is 1.76. The lowest BCUT2D eigenvalue weighted by molar-refractivity contribution is 0.00578. The quantitative estimate of drug-likeness (QED) is 0.801. The topological polar surface area (TPSA) is 79.6 Å². The molecule has 0 spiro atoms. The first-order valence-electron chi connectivity index (χ1n) is 8.76. The van der Waals surface area contributed by atoms with Crippen LogP contribution in [0, 0.1) is 0 Å². The lowest BCUT2D eigenvalue weighted by atomic mass is 9.77. The molecule has 1 fully saturated rings. The van der Waals surface area contributed by atoms with Crippen LogP contribution in [0.1, 0.15) is 40.2 Å². The minimum absolute atomic E-state index is 0.253. The number of imidazole rings is 1. The summed E-state index contributed by atoms with van der Waals surface area (Å²) < 4.78 is 18.1. The van der Waals surface area contributed by atoms with Crippen molar-refractivity contribution in [1.29, 1.82) is 0 Å². The Hall–Kier alpha value is -2.19. The number of hydrogen-bond donors (Lipinski definition) is 2. The van der Waals surface area contributed by atoms with Crippen LogP contribution in [-0.4, -0.2) is 47.0 Å². The summed E-state index contributed by atoms with van der Waals surface area (Å²) in [5, 5.41) is 0. The Balaban J connectivity index is 1.89. The SMILES string of the molecule is CC1=C(c2cc(B3OC(C)(C)C(C)(C)O3)c3[nH]c(=O)[nH]c3c2)N(C)CO1. The van der Waals surface area contributed by atoms with Gasteiger partial charge in [-0.1, -0.05) is 6.07 Å². The predicted molar refractivity (Wildman–Crippen MR) is 101 cm³/mol. The second kappa shape index (κ2) is 5.41. The van der Waals surface area contributed by atoms with Crippen LogP contribution in [0.3, 0.4) is 0 Å². The van der Waals surface area contributed by atoms with Gasteiger partial charge in [0.15, 0.2) is 6.73 Å². The average molecular weight is 357 g/mol. The van der Waals surface area contributed by atoms with E-state index in [1.165, 1.54) is 0 Å². The van der Waals surface area contributed by atoms with E-state index in [4.69, 9.17) is 14.0 Å². The molecular weight excluding hydrogens is 333 g/mol. The van der Waals surface area contributed by atoms with E-state index < -0.39 is 18.3 Å². The van der Waals surface area contributed by atoms with Crippen LogP contribution in [0.2, 0.25) is 0 Å². The molecule has 1 saturated heterocycles. The van der Waals surface area contributed by atoms with Crippen molar-refractivity contribution in [1.82, 2.24) is 14.9 Å². The Kier molecular flexibility index (Phi) is 3.58. The van der Waals surface area contributed by atoms with Gasteiger partial charge in [-0.15, -0.1) is 0 Å². The summed E-state index contributed by atoms with van der Waals surface area (Å²) in [5.74, 6) is 0.851. The lowest BCUT2D eigenvalue weighted by Crippen LogP contribution is -2.41. The molecule has 1 aromatic carbocycles. The molecule has 0 radical (unpaired) electrons. The third-order valence-corrected chi connectivity index (χ3v) is 5.63. The standard InChI is InChI=1S/C18H24BN3O4/c1-10-15(22(6)9-24-10)11-7-12(14-13(8-11)20-16(23)21-14)19-25-17(2,3)18(4,5)26-19/h7-8H,9H2,1-6H3,(H2,20,21,23). The normalized spacial score (nSPS) is 21.8. The molecule has 26 heavy (non-hydrogen) atoms. The molecule has 1 aromatic heterocycles. The summed E-state index contributed by atoms with van der Waals surface area (Å²) in [4.78, 5) is 19.7. The molecule has 2 N–H and O–H groups in total. The molecule has 0 bridgehead atoms. The van der Waals surface area contributed by atoms with Gasteiger partial charge in [0.1, 0.15) is 5.76 Å². The number of aromatic amines is 2. The van der Waals surface area contributed by atoms with Gasteiger partial charge in [0, 0.05) is 18.1 Å². The average Bonchev–Trinajstić information content (AvgIpc) is 3.12. The fraction of sp³-hybridized carbons (Fsp3) is 0.500. The molecule has 2 aliphatic heterocycles. The first-order chi connectivity index (χ1) is 12.1. The van der Waals surface area contributed by atoms with E-state index in [9.17, 15) is 4.79 Å². The van der Waals surface area contributed by atoms with Gasteiger partial charge in [-0.3, -0.25) is 0 Å². The zero-order valence-electron chi connectivity index (χ0n) is 16.0. The second-order valence-electron chi connectivity index (χ2n) is 8.03. The third kappa shape index (κ3) is 2.47. The largest absolute Gasteiger partial charge is 0.497 e. The number of nitrogens with one attached hydrogen (secondary N) is 2. The van der Waals surface area contributed by atoms with Gasteiger partial charge in [0.2, 0.25) is 0 Å². The van der Waals surface area contributed by atoms with Crippen molar-refractivity contribution < 1.29 is 14.0 Å². The summed E-state index contributed by atoms with van der Waals surface area (Å²) in [6.45, 7) is 10.5. The van der Waals surface area contributed by atoms with Crippen molar-refractivity contribution in [2.75, 3.05) is 13.8 Å². The van der Waals surface area contributed by atoms with Crippen LogP contribution in [-0.2, 0) is 14.0 Å². The van der Waals surface area contributed by atoms with E-state index in [1.54, 1.807) is 0 Å². The molecule has 8 heteroatoms. The van der Waals surface area contributed by atoms with Crippen LogP contribution in [0.5, 0.6) is 0 Å². The molecule has 4 rings (SSSR count). The number of nitrogens with zero attached hydrogens (tertiary/aromatic N) is 1. The van der Waals surface area contributed by atoms with Crippen LogP contribution < -0.4 is 11.2 Å². The van der Waals surface area contributed by atoms with Gasteiger partial charge in [-0.05, 0) is 40.7 Å². The van der Waals surface area contributed by atoms with E-state index in [0.717, 1.165) is 28.0 Å². The van der Waals surface area contributed by atoms with Gasteiger partial charge < -0.3 is 28.9 Å². The highest BCUT2D eigenvalue weighted by Crippen LogP contribution is 2.37. The highest BCUT2D eigenvalue weighted by Gasteiger charge is 2.52. The number of H-pyrrole nitrogens is 2. The first kappa shape index (κ1) is 17.2. The fourth-order valence-electron chi connectivity index (χ4n) is 3.48. The molecule has 2 aliphatic rings. The van der Waals surface area contributed by atoms with Gasteiger partial charge in [0.05, 0.1) is 27.9 Å². The number of benzene rings is 1. The maximum Gasteiger partial charge on any atom is 0.497 e. The highest BCUT2D eigenvalue weighted by molar-refractivity contribution is 6.65. The molecule has 2 aromatic rings. The van der Waals surface area contributed by atoms with E-state index >= 15 is 0 Å². The number of hydrogen-bond acceptors (Lipinski definition) is 5. The van der Waals surface area contributed by atoms with Crippen LogP contribution in [0.25, 0.3) is 16.7 Å². The van der Waals surface area contributed by atoms with Crippen molar-refractivity contribution in [3.05, 3.63) is 33.9 Å². The Morgan fingerprint density at radius 1 is 1.12 bits per heavy atom. The molecule has 138 valence electrons. The zero-order valence-corrected chi connectivity index (χ0v) is 16.0. The van der Waals surface area contributed by atoms with Crippen molar-refractivity contribution in [3.8, 4) is 0 Å². The summed E-state index contributed by atoms with van der Waals surface area (Å²) in [7, 11) is 1.41. The Bertz CT molecular complexity index is 956. The zero-order chi connectivity index (χ0) is 18.9. The first-order valence-corrected chi connectivity index (χ1v) is 8.76. The van der Waals surface area contributed by atoms with Crippen molar-refractivity contribution in [2.45, 2.75) is 45.8 Å². The van der Waals surface area contributed by atoms with E-state index in [1.807, 2.05) is 58.7 Å². The Morgan fingerprint density at radius 2 is 1.77 bits per heavy atom. The van der Waals surface area contributed by atoms with Gasteiger partial charge in [-0.25, -0.2) is 4.79 Å². The molecule has 0 saturated carbocycles. The molecule has 0 aliphatic carbocycles. The Morgan fingerprint density at radius 3 is 2.35 bits per heavy atom. The highest BCUT2D eigenvalue weighted by atomic mass is 16.7. The van der Waals surface area contributed by atoms with Crippen molar-refractivity contribution >= 4 is 29.3 Å². The minimum Gasteiger partial charge on any atom is -0.476 e.